The van der Waals surface area contributed by atoms with Crippen LogP contribution in [0, 0.1) is 20.8 Å². The molecule has 4 nitrogen and oxygen atoms in total. The van der Waals surface area contributed by atoms with Gasteiger partial charge in [-0.2, -0.15) is 0 Å². The van der Waals surface area contributed by atoms with Crippen LogP contribution >= 0.6 is 11.5 Å². The zero-order chi connectivity index (χ0) is 13.1. The smallest absolute Gasteiger partial charge is 0.0773 e. The SMILES string of the molecule is Cc1cccc(C)c1CC(NN)c1snnc1C. The molecule has 3 N–H and O–H groups in total. The Kier molecular flexibility index (Phi) is 4.06. The zero-order valence-electron chi connectivity index (χ0n) is 10.9. The van der Waals surface area contributed by atoms with Gasteiger partial charge in [0.2, 0.25) is 0 Å². The van der Waals surface area contributed by atoms with Crippen LogP contribution in [0.1, 0.15) is 33.3 Å². The van der Waals surface area contributed by atoms with Crippen molar-refractivity contribution in [3.05, 3.63) is 45.5 Å². The zero-order valence-corrected chi connectivity index (χ0v) is 11.7. The minimum Gasteiger partial charge on any atom is -0.271 e. The third kappa shape index (κ3) is 2.58. The number of hydrazine groups is 1. The van der Waals surface area contributed by atoms with Gasteiger partial charge in [-0.3, -0.25) is 11.3 Å². The van der Waals surface area contributed by atoms with Crippen molar-refractivity contribution in [2.45, 2.75) is 33.2 Å². The second-order valence-electron chi connectivity index (χ2n) is 4.52. The first-order valence-electron chi connectivity index (χ1n) is 5.93. The molecular formula is C13H18N4S. The molecule has 96 valence electrons. The molecule has 0 aliphatic carbocycles. The standard InChI is InChI=1S/C13H18N4S/c1-8-5-4-6-9(2)11(8)7-12(15-14)13-10(3)16-17-18-13/h4-6,12,15H,7,14H2,1-3H3. The number of hydrogen-bond donors (Lipinski definition) is 2. The maximum absolute atomic E-state index is 5.68. The Bertz CT molecular complexity index is 515. The Morgan fingerprint density at radius 3 is 2.44 bits per heavy atom. The van der Waals surface area contributed by atoms with Gasteiger partial charge in [0, 0.05) is 0 Å². The summed E-state index contributed by atoms with van der Waals surface area (Å²) < 4.78 is 3.97. The Morgan fingerprint density at radius 2 is 1.94 bits per heavy atom. The summed E-state index contributed by atoms with van der Waals surface area (Å²) in [5.41, 5.74) is 7.77. The molecule has 2 aromatic rings. The summed E-state index contributed by atoms with van der Waals surface area (Å²) in [6.07, 6.45) is 0.861. The Labute approximate surface area is 111 Å². The molecule has 0 saturated heterocycles. The van der Waals surface area contributed by atoms with Crippen molar-refractivity contribution in [1.82, 2.24) is 15.0 Å². The highest BCUT2D eigenvalue weighted by molar-refractivity contribution is 7.05. The summed E-state index contributed by atoms with van der Waals surface area (Å²) in [6.45, 7) is 6.23. The van der Waals surface area contributed by atoms with Crippen LogP contribution in [0.5, 0.6) is 0 Å². The van der Waals surface area contributed by atoms with E-state index in [0.29, 0.717) is 0 Å². The highest BCUT2D eigenvalue weighted by Gasteiger charge is 2.18. The van der Waals surface area contributed by atoms with E-state index in [1.54, 1.807) is 0 Å². The minimum atomic E-state index is 0.0739. The van der Waals surface area contributed by atoms with Crippen LogP contribution in [-0.4, -0.2) is 9.59 Å². The van der Waals surface area contributed by atoms with E-state index in [4.69, 9.17) is 5.84 Å². The largest absolute Gasteiger partial charge is 0.271 e. The molecule has 0 radical (unpaired) electrons. The number of benzene rings is 1. The molecule has 1 aromatic carbocycles. The van der Waals surface area contributed by atoms with Gasteiger partial charge in [0.05, 0.1) is 16.6 Å². The summed E-state index contributed by atoms with van der Waals surface area (Å²) in [7, 11) is 0. The average molecular weight is 262 g/mol. The molecule has 0 spiro atoms. The highest BCUT2D eigenvalue weighted by atomic mass is 32.1. The van der Waals surface area contributed by atoms with Crippen LogP contribution in [0.4, 0.5) is 0 Å². The molecule has 1 unspecified atom stereocenters. The van der Waals surface area contributed by atoms with Gasteiger partial charge in [-0.1, -0.05) is 22.7 Å². The van der Waals surface area contributed by atoms with Crippen molar-refractivity contribution in [3.63, 3.8) is 0 Å². The van der Waals surface area contributed by atoms with E-state index in [9.17, 15) is 0 Å². The maximum Gasteiger partial charge on any atom is 0.0773 e. The topological polar surface area (TPSA) is 63.8 Å². The van der Waals surface area contributed by atoms with Gasteiger partial charge in [-0.05, 0) is 55.4 Å². The summed E-state index contributed by atoms with van der Waals surface area (Å²) in [4.78, 5) is 1.11. The van der Waals surface area contributed by atoms with Gasteiger partial charge < -0.3 is 0 Å². The van der Waals surface area contributed by atoms with Crippen LogP contribution in [0.3, 0.4) is 0 Å². The molecule has 1 heterocycles. The number of nitrogens with two attached hydrogens (primary N) is 1. The van der Waals surface area contributed by atoms with Crippen molar-refractivity contribution >= 4 is 11.5 Å². The predicted molar refractivity (Wildman–Crippen MR) is 74.3 cm³/mol. The van der Waals surface area contributed by atoms with Crippen LogP contribution in [0.25, 0.3) is 0 Å². The van der Waals surface area contributed by atoms with E-state index in [-0.39, 0.29) is 6.04 Å². The molecule has 5 heteroatoms. The van der Waals surface area contributed by atoms with Crippen molar-refractivity contribution in [1.29, 1.82) is 0 Å². The summed E-state index contributed by atoms with van der Waals surface area (Å²) >= 11 is 1.41. The number of rotatable bonds is 4. The van der Waals surface area contributed by atoms with Crippen molar-refractivity contribution in [2.75, 3.05) is 0 Å². The summed E-state index contributed by atoms with van der Waals surface area (Å²) in [5.74, 6) is 5.68. The molecular weight excluding hydrogens is 244 g/mol. The fourth-order valence-electron chi connectivity index (χ4n) is 2.16. The van der Waals surface area contributed by atoms with Gasteiger partial charge in [-0.25, -0.2) is 0 Å². The van der Waals surface area contributed by atoms with Crippen LogP contribution in [-0.2, 0) is 6.42 Å². The third-order valence-electron chi connectivity index (χ3n) is 3.26. The van der Waals surface area contributed by atoms with Gasteiger partial charge >= 0.3 is 0 Å². The molecule has 1 aromatic heterocycles. The lowest BCUT2D eigenvalue weighted by molar-refractivity contribution is 0.554. The molecule has 0 fully saturated rings. The Balaban J connectivity index is 2.29. The number of aromatic nitrogens is 2. The fourth-order valence-corrected chi connectivity index (χ4v) is 2.86. The molecule has 18 heavy (non-hydrogen) atoms. The van der Waals surface area contributed by atoms with Crippen molar-refractivity contribution in [3.8, 4) is 0 Å². The lowest BCUT2D eigenvalue weighted by Gasteiger charge is -2.17. The van der Waals surface area contributed by atoms with Crippen molar-refractivity contribution in [2.24, 2.45) is 5.84 Å². The molecule has 0 aliphatic rings. The quantitative estimate of drug-likeness (QED) is 0.655. The first kappa shape index (κ1) is 13.1. The number of aryl methyl sites for hydroxylation is 3. The molecule has 0 amide bonds. The van der Waals surface area contributed by atoms with Gasteiger partial charge in [0.1, 0.15) is 0 Å². The highest BCUT2D eigenvalue weighted by Crippen LogP contribution is 2.25. The van der Waals surface area contributed by atoms with E-state index >= 15 is 0 Å². The van der Waals surface area contributed by atoms with E-state index in [2.05, 4.69) is 47.1 Å². The Hall–Kier alpha value is -1.30. The molecule has 0 bridgehead atoms. The molecule has 1 atom stereocenters. The first-order valence-corrected chi connectivity index (χ1v) is 6.71. The lowest BCUT2D eigenvalue weighted by atomic mass is 9.96. The predicted octanol–water partition coefficient (Wildman–Crippen LogP) is 2.21. The summed E-state index contributed by atoms with van der Waals surface area (Å²) in [6, 6.07) is 6.42. The Morgan fingerprint density at radius 1 is 1.28 bits per heavy atom. The van der Waals surface area contributed by atoms with Crippen LogP contribution in [0.2, 0.25) is 0 Å². The van der Waals surface area contributed by atoms with E-state index in [1.165, 1.54) is 28.2 Å². The molecule has 0 saturated carbocycles. The second kappa shape index (κ2) is 5.56. The fraction of sp³-hybridized carbons (Fsp3) is 0.385. The molecule has 0 aliphatic heterocycles. The van der Waals surface area contributed by atoms with E-state index in [1.807, 2.05) is 6.92 Å². The van der Waals surface area contributed by atoms with Crippen LogP contribution in [0.15, 0.2) is 18.2 Å². The van der Waals surface area contributed by atoms with Gasteiger partial charge in [0.15, 0.2) is 0 Å². The first-order chi connectivity index (χ1) is 8.63. The van der Waals surface area contributed by atoms with Crippen molar-refractivity contribution < 1.29 is 0 Å². The monoisotopic (exact) mass is 262 g/mol. The van der Waals surface area contributed by atoms with Crippen LogP contribution < -0.4 is 11.3 Å². The molecule has 2 rings (SSSR count). The number of hydrogen-bond acceptors (Lipinski definition) is 5. The number of nitrogens with one attached hydrogen (secondary N) is 1. The maximum atomic E-state index is 5.68. The normalized spacial score (nSPS) is 12.7. The second-order valence-corrected chi connectivity index (χ2v) is 5.30. The van der Waals surface area contributed by atoms with E-state index in [0.717, 1.165) is 17.0 Å². The summed E-state index contributed by atoms with van der Waals surface area (Å²) in [5, 5.41) is 4.04. The average Bonchev–Trinajstić information content (AvgIpc) is 2.76. The lowest BCUT2D eigenvalue weighted by Crippen LogP contribution is -2.29. The van der Waals surface area contributed by atoms with Gasteiger partial charge in [0.25, 0.3) is 0 Å². The van der Waals surface area contributed by atoms with Gasteiger partial charge in [-0.15, -0.1) is 5.10 Å². The third-order valence-corrected chi connectivity index (χ3v) is 4.20. The minimum absolute atomic E-state index is 0.0739. The number of nitrogens with zero attached hydrogens (tertiary/aromatic N) is 2. The van der Waals surface area contributed by atoms with E-state index < -0.39 is 0 Å².